The van der Waals surface area contributed by atoms with Gasteiger partial charge in [-0.1, -0.05) is 17.3 Å². The van der Waals surface area contributed by atoms with Gasteiger partial charge in [0.25, 0.3) is 0 Å². The Balaban J connectivity index is 1.37. The number of aryl methyl sites for hydroxylation is 2. The molecule has 146 valence electrons. The Labute approximate surface area is 158 Å². The molecule has 0 radical (unpaired) electrons. The van der Waals surface area contributed by atoms with Gasteiger partial charge in [0, 0.05) is 51.1 Å². The minimum Gasteiger partial charge on any atom is -0.356 e. The van der Waals surface area contributed by atoms with E-state index in [1.54, 1.807) is 19.1 Å². The number of benzene rings is 1. The highest BCUT2D eigenvalue weighted by atomic mass is 19.1. The van der Waals surface area contributed by atoms with Gasteiger partial charge in [-0.05, 0) is 31.5 Å². The number of carbonyl (C=O) groups excluding carboxylic acids is 1. The number of carbonyl (C=O) groups is 1. The average Bonchev–Trinajstić information content (AvgIpc) is 3.16. The van der Waals surface area contributed by atoms with Gasteiger partial charge < -0.3 is 20.1 Å². The van der Waals surface area contributed by atoms with E-state index in [-0.39, 0.29) is 18.1 Å². The molecule has 1 aliphatic rings. The van der Waals surface area contributed by atoms with Crippen molar-refractivity contribution in [2.24, 2.45) is 0 Å². The van der Waals surface area contributed by atoms with Gasteiger partial charge >= 0.3 is 0 Å². The molecule has 2 N–H and O–H groups in total. The summed E-state index contributed by atoms with van der Waals surface area (Å²) in [6.07, 6.45) is 1.60. The number of hydrogen-bond acceptors (Lipinski definition) is 6. The van der Waals surface area contributed by atoms with Crippen LogP contribution < -0.4 is 10.6 Å². The van der Waals surface area contributed by atoms with E-state index in [0.717, 1.165) is 39.1 Å². The molecular formula is C19H26FN5O2. The number of rotatable bonds is 8. The summed E-state index contributed by atoms with van der Waals surface area (Å²) in [7, 11) is 0. The first-order valence-corrected chi connectivity index (χ1v) is 9.41. The van der Waals surface area contributed by atoms with Crippen LogP contribution in [0.2, 0.25) is 0 Å². The third-order valence-electron chi connectivity index (χ3n) is 4.65. The third kappa shape index (κ3) is 5.83. The lowest BCUT2D eigenvalue weighted by atomic mass is 10.1. The molecule has 8 heteroatoms. The average molecular weight is 375 g/mol. The number of nitrogens with one attached hydrogen (secondary N) is 2. The highest BCUT2D eigenvalue weighted by molar-refractivity contribution is 5.75. The monoisotopic (exact) mass is 375 g/mol. The molecule has 7 nitrogen and oxygen atoms in total. The zero-order valence-electron chi connectivity index (χ0n) is 15.6. The zero-order valence-corrected chi connectivity index (χ0v) is 15.6. The largest absolute Gasteiger partial charge is 0.356 e. The SMILES string of the molecule is Cc1ccc(-c2noc(CCC(=O)NCCCN3CCNCC3)n2)cc1F. The Morgan fingerprint density at radius 3 is 2.96 bits per heavy atom. The molecule has 0 unspecified atom stereocenters. The minimum absolute atomic E-state index is 0.0311. The number of amides is 1. The quantitative estimate of drug-likeness (QED) is 0.681. The molecule has 3 rings (SSSR count). The Kier molecular flexibility index (Phi) is 6.89. The summed E-state index contributed by atoms with van der Waals surface area (Å²) in [5, 5.41) is 10.1. The van der Waals surface area contributed by atoms with E-state index >= 15 is 0 Å². The predicted octanol–water partition coefficient (Wildman–Crippen LogP) is 1.53. The highest BCUT2D eigenvalue weighted by Gasteiger charge is 2.12. The van der Waals surface area contributed by atoms with E-state index in [1.165, 1.54) is 6.07 Å². The van der Waals surface area contributed by atoms with E-state index in [1.807, 2.05) is 0 Å². The van der Waals surface area contributed by atoms with Crippen molar-refractivity contribution < 1.29 is 13.7 Å². The van der Waals surface area contributed by atoms with Crippen molar-refractivity contribution in [2.75, 3.05) is 39.3 Å². The lowest BCUT2D eigenvalue weighted by Crippen LogP contribution is -2.44. The van der Waals surface area contributed by atoms with Crippen LogP contribution in [0.4, 0.5) is 4.39 Å². The van der Waals surface area contributed by atoms with E-state index in [4.69, 9.17) is 4.52 Å². The molecule has 0 aliphatic carbocycles. The second kappa shape index (κ2) is 9.57. The van der Waals surface area contributed by atoms with Crippen molar-refractivity contribution in [3.05, 3.63) is 35.5 Å². The van der Waals surface area contributed by atoms with Crippen LogP contribution in [0, 0.1) is 12.7 Å². The molecule has 1 aromatic carbocycles. The summed E-state index contributed by atoms with van der Waals surface area (Å²) in [4.78, 5) is 18.6. The molecule has 1 aliphatic heterocycles. The van der Waals surface area contributed by atoms with Gasteiger partial charge in [0.1, 0.15) is 5.82 Å². The highest BCUT2D eigenvalue weighted by Crippen LogP contribution is 2.19. The summed E-state index contributed by atoms with van der Waals surface area (Å²) in [5.74, 6) is 0.373. The normalized spacial score (nSPS) is 15.0. The number of nitrogens with zero attached hydrogens (tertiary/aromatic N) is 3. The predicted molar refractivity (Wildman–Crippen MR) is 99.7 cm³/mol. The fourth-order valence-electron chi connectivity index (χ4n) is 2.98. The Bertz CT molecular complexity index is 758. The van der Waals surface area contributed by atoms with Crippen LogP contribution in [-0.2, 0) is 11.2 Å². The summed E-state index contributed by atoms with van der Waals surface area (Å²) in [5.41, 5.74) is 1.13. The fraction of sp³-hybridized carbons (Fsp3) is 0.526. The van der Waals surface area contributed by atoms with E-state index in [0.29, 0.717) is 35.8 Å². The van der Waals surface area contributed by atoms with E-state index < -0.39 is 0 Å². The Hall–Kier alpha value is -2.32. The van der Waals surface area contributed by atoms with Gasteiger partial charge in [-0.15, -0.1) is 0 Å². The Morgan fingerprint density at radius 1 is 1.37 bits per heavy atom. The lowest BCUT2D eigenvalue weighted by molar-refractivity contribution is -0.121. The zero-order chi connectivity index (χ0) is 19.1. The van der Waals surface area contributed by atoms with Crippen molar-refractivity contribution >= 4 is 5.91 Å². The third-order valence-corrected chi connectivity index (χ3v) is 4.65. The molecule has 27 heavy (non-hydrogen) atoms. The smallest absolute Gasteiger partial charge is 0.227 e. The van der Waals surface area contributed by atoms with Crippen LogP contribution in [0.15, 0.2) is 22.7 Å². The maximum atomic E-state index is 13.6. The molecule has 0 atom stereocenters. The number of halogens is 1. The minimum atomic E-state index is -0.306. The van der Waals surface area contributed by atoms with Crippen molar-refractivity contribution in [1.29, 1.82) is 0 Å². The van der Waals surface area contributed by atoms with Crippen molar-refractivity contribution in [3.8, 4) is 11.4 Å². The van der Waals surface area contributed by atoms with Crippen LogP contribution >= 0.6 is 0 Å². The molecule has 0 saturated carbocycles. The van der Waals surface area contributed by atoms with Gasteiger partial charge in [0.15, 0.2) is 0 Å². The van der Waals surface area contributed by atoms with Gasteiger partial charge in [-0.25, -0.2) is 4.39 Å². The molecular weight excluding hydrogens is 349 g/mol. The van der Waals surface area contributed by atoms with Gasteiger partial charge in [-0.2, -0.15) is 4.98 Å². The van der Waals surface area contributed by atoms with E-state index in [9.17, 15) is 9.18 Å². The van der Waals surface area contributed by atoms with Gasteiger partial charge in [-0.3, -0.25) is 4.79 Å². The van der Waals surface area contributed by atoms with Crippen molar-refractivity contribution in [3.63, 3.8) is 0 Å². The van der Waals surface area contributed by atoms with Gasteiger partial charge in [0.2, 0.25) is 17.6 Å². The summed E-state index contributed by atoms with van der Waals surface area (Å²) in [6, 6.07) is 4.81. The first-order chi connectivity index (χ1) is 13.1. The molecule has 2 aromatic rings. The number of piperazine rings is 1. The first-order valence-electron chi connectivity index (χ1n) is 9.41. The Morgan fingerprint density at radius 2 is 2.19 bits per heavy atom. The number of aromatic nitrogens is 2. The van der Waals surface area contributed by atoms with Crippen molar-refractivity contribution in [2.45, 2.75) is 26.2 Å². The standard InChI is InChI=1S/C19H26FN5O2/c1-14-3-4-15(13-16(14)20)19-23-18(27-24-19)6-5-17(26)22-7-2-10-25-11-8-21-9-12-25/h3-4,13,21H,2,5-12H2,1H3,(H,22,26). The van der Waals surface area contributed by atoms with Crippen molar-refractivity contribution in [1.82, 2.24) is 25.7 Å². The molecule has 1 saturated heterocycles. The molecule has 0 spiro atoms. The van der Waals surface area contributed by atoms with Crippen LogP contribution in [0.3, 0.4) is 0 Å². The second-order valence-corrected chi connectivity index (χ2v) is 6.77. The van der Waals surface area contributed by atoms with Gasteiger partial charge in [0.05, 0.1) is 0 Å². The van der Waals surface area contributed by atoms with Crippen LogP contribution in [0.25, 0.3) is 11.4 Å². The first kappa shape index (κ1) is 19.4. The van der Waals surface area contributed by atoms with Crippen LogP contribution in [0.5, 0.6) is 0 Å². The molecule has 0 bridgehead atoms. The summed E-state index contributed by atoms with van der Waals surface area (Å²) >= 11 is 0. The maximum Gasteiger partial charge on any atom is 0.227 e. The van der Waals surface area contributed by atoms with Crippen LogP contribution in [0.1, 0.15) is 24.3 Å². The summed E-state index contributed by atoms with van der Waals surface area (Å²) < 4.78 is 18.8. The van der Waals surface area contributed by atoms with Crippen LogP contribution in [-0.4, -0.2) is 60.2 Å². The fourth-order valence-corrected chi connectivity index (χ4v) is 2.98. The summed E-state index contributed by atoms with van der Waals surface area (Å²) in [6.45, 7) is 7.57. The molecule has 1 fully saturated rings. The second-order valence-electron chi connectivity index (χ2n) is 6.77. The maximum absolute atomic E-state index is 13.6. The molecule has 2 heterocycles. The molecule has 1 aromatic heterocycles. The lowest BCUT2D eigenvalue weighted by Gasteiger charge is -2.27. The van der Waals surface area contributed by atoms with E-state index in [2.05, 4.69) is 25.7 Å². The molecule has 1 amide bonds. The number of hydrogen-bond donors (Lipinski definition) is 2. The topological polar surface area (TPSA) is 83.3 Å².